The van der Waals surface area contributed by atoms with Gasteiger partial charge in [0.1, 0.15) is 5.75 Å². The summed E-state index contributed by atoms with van der Waals surface area (Å²) < 4.78 is 36.1. The van der Waals surface area contributed by atoms with Crippen LogP contribution < -0.4 is 10.1 Å². The van der Waals surface area contributed by atoms with Crippen LogP contribution in [0.2, 0.25) is 0 Å². The van der Waals surface area contributed by atoms with Crippen LogP contribution in [0.15, 0.2) is 28.8 Å². The van der Waals surface area contributed by atoms with Crippen molar-refractivity contribution in [2.75, 3.05) is 39.5 Å². The molecule has 0 saturated carbocycles. The molecule has 3 heterocycles. The van der Waals surface area contributed by atoms with Crippen molar-refractivity contribution in [3.63, 3.8) is 0 Å². The number of likely N-dealkylation sites (tertiary alicyclic amines) is 1. The highest BCUT2D eigenvalue weighted by atomic mass is 32.2. The Hall–Kier alpha value is -2.50. The van der Waals surface area contributed by atoms with Crippen LogP contribution in [0, 0.1) is 12.3 Å². The number of benzene rings is 1. The van der Waals surface area contributed by atoms with Crippen LogP contribution in [-0.4, -0.2) is 73.2 Å². The molecule has 1 aromatic carbocycles. The molecular weight excluding hydrogens is 446 g/mol. The minimum atomic E-state index is -3.20. The number of piperidine rings is 1. The number of nitrogens with zero attached hydrogens (tertiary/aromatic N) is 4. The molecule has 11 heteroatoms. The van der Waals surface area contributed by atoms with Gasteiger partial charge in [0.25, 0.3) is 0 Å². The highest BCUT2D eigenvalue weighted by Gasteiger charge is 2.49. The normalized spacial score (nSPS) is 21.4. The standard InChI is InChI=1S/C22H31N5O5S/c1-16-24-21(32-25-16)19-12-22(7-9-27(10-8-22)33(3,29)30)15-26(19)14-20(28)23-13-17-5-4-6-18(11-17)31-2/h4-6,11,19H,7-10,12-15H2,1-3H3,(H,23,28). The second-order valence-electron chi connectivity index (χ2n) is 9.10. The molecule has 4 rings (SSSR count). The van der Waals surface area contributed by atoms with Gasteiger partial charge in [-0.25, -0.2) is 12.7 Å². The summed E-state index contributed by atoms with van der Waals surface area (Å²) in [7, 11) is -1.59. The lowest BCUT2D eigenvalue weighted by atomic mass is 9.77. The summed E-state index contributed by atoms with van der Waals surface area (Å²) in [5, 5.41) is 6.91. The van der Waals surface area contributed by atoms with Gasteiger partial charge in [0.15, 0.2) is 5.82 Å². The molecule has 1 unspecified atom stereocenters. The molecule has 0 aliphatic carbocycles. The van der Waals surface area contributed by atoms with Gasteiger partial charge in [0.2, 0.25) is 21.8 Å². The molecule has 33 heavy (non-hydrogen) atoms. The van der Waals surface area contributed by atoms with Crippen molar-refractivity contribution < 1.29 is 22.5 Å². The second kappa shape index (κ2) is 9.40. The second-order valence-corrected chi connectivity index (χ2v) is 11.1. The van der Waals surface area contributed by atoms with Crippen molar-refractivity contribution in [2.45, 2.75) is 38.8 Å². The summed E-state index contributed by atoms with van der Waals surface area (Å²) in [6.07, 6.45) is 3.50. The van der Waals surface area contributed by atoms with Gasteiger partial charge in [-0.1, -0.05) is 17.3 Å². The number of carbonyl (C=O) groups excluding carboxylic acids is 1. The third-order valence-corrected chi connectivity index (χ3v) is 7.96. The van der Waals surface area contributed by atoms with Crippen molar-refractivity contribution in [1.82, 2.24) is 24.7 Å². The number of rotatable bonds is 7. The van der Waals surface area contributed by atoms with Gasteiger partial charge in [-0.05, 0) is 49.3 Å². The fourth-order valence-electron chi connectivity index (χ4n) is 4.88. The Morgan fingerprint density at radius 2 is 2.09 bits per heavy atom. The number of nitrogens with one attached hydrogen (secondary N) is 1. The summed E-state index contributed by atoms with van der Waals surface area (Å²) in [6, 6.07) is 7.42. The molecule has 2 fully saturated rings. The average Bonchev–Trinajstić information content (AvgIpc) is 3.35. The predicted molar refractivity (Wildman–Crippen MR) is 121 cm³/mol. The lowest BCUT2D eigenvalue weighted by Gasteiger charge is -2.38. The van der Waals surface area contributed by atoms with E-state index in [9.17, 15) is 13.2 Å². The first-order chi connectivity index (χ1) is 15.7. The zero-order valence-corrected chi connectivity index (χ0v) is 20.1. The summed E-state index contributed by atoms with van der Waals surface area (Å²) >= 11 is 0. The van der Waals surface area contributed by atoms with Gasteiger partial charge in [-0.2, -0.15) is 4.98 Å². The van der Waals surface area contributed by atoms with E-state index in [1.807, 2.05) is 24.3 Å². The molecule has 2 aliphatic heterocycles. The van der Waals surface area contributed by atoms with Crippen molar-refractivity contribution >= 4 is 15.9 Å². The molecule has 1 N–H and O–H groups in total. The van der Waals surface area contributed by atoms with E-state index in [2.05, 4.69) is 20.4 Å². The summed E-state index contributed by atoms with van der Waals surface area (Å²) in [4.78, 5) is 19.3. The number of aromatic nitrogens is 2. The average molecular weight is 478 g/mol. The summed E-state index contributed by atoms with van der Waals surface area (Å²) in [5.74, 6) is 1.72. The number of hydrogen-bond donors (Lipinski definition) is 1. The van der Waals surface area contributed by atoms with E-state index in [1.54, 1.807) is 14.0 Å². The highest BCUT2D eigenvalue weighted by molar-refractivity contribution is 7.88. The van der Waals surface area contributed by atoms with E-state index < -0.39 is 10.0 Å². The van der Waals surface area contributed by atoms with Gasteiger partial charge >= 0.3 is 0 Å². The third-order valence-electron chi connectivity index (χ3n) is 6.66. The molecule has 0 radical (unpaired) electrons. The smallest absolute Gasteiger partial charge is 0.244 e. The molecule has 0 bridgehead atoms. The Morgan fingerprint density at radius 1 is 1.33 bits per heavy atom. The van der Waals surface area contributed by atoms with Crippen LogP contribution in [0.5, 0.6) is 5.75 Å². The molecule has 1 amide bonds. The maximum Gasteiger partial charge on any atom is 0.244 e. The molecule has 2 aromatic rings. The Morgan fingerprint density at radius 3 is 2.73 bits per heavy atom. The molecular formula is C22H31N5O5S. The Bertz CT molecular complexity index is 1090. The van der Waals surface area contributed by atoms with E-state index in [1.165, 1.54) is 10.6 Å². The van der Waals surface area contributed by atoms with Crippen LogP contribution in [0.3, 0.4) is 0 Å². The van der Waals surface area contributed by atoms with E-state index >= 15 is 0 Å². The number of sulfonamides is 1. The van der Waals surface area contributed by atoms with E-state index in [-0.39, 0.29) is 23.9 Å². The maximum atomic E-state index is 12.8. The van der Waals surface area contributed by atoms with Crippen molar-refractivity contribution in [2.24, 2.45) is 5.41 Å². The topological polar surface area (TPSA) is 118 Å². The monoisotopic (exact) mass is 477 g/mol. The number of amides is 1. The van der Waals surface area contributed by atoms with Gasteiger partial charge in [0, 0.05) is 26.2 Å². The SMILES string of the molecule is COc1cccc(CNC(=O)CN2CC3(CCN(S(C)(=O)=O)CC3)CC2c2nc(C)no2)c1. The Balaban J connectivity index is 1.43. The van der Waals surface area contributed by atoms with Crippen LogP contribution in [0.1, 0.15) is 42.6 Å². The fourth-order valence-corrected chi connectivity index (χ4v) is 5.73. The zero-order chi connectivity index (χ0) is 23.6. The molecule has 2 aliphatic rings. The molecule has 1 atom stereocenters. The third kappa shape index (κ3) is 5.53. The molecule has 1 aromatic heterocycles. The fraction of sp³-hybridized carbons (Fsp3) is 0.591. The Labute approximate surface area is 194 Å². The predicted octanol–water partition coefficient (Wildman–Crippen LogP) is 1.49. The Kier molecular flexibility index (Phi) is 6.73. The quantitative estimate of drug-likeness (QED) is 0.637. The lowest BCUT2D eigenvalue weighted by molar-refractivity contribution is -0.122. The van der Waals surface area contributed by atoms with Crippen LogP contribution in [-0.2, 0) is 21.4 Å². The zero-order valence-electron chi connectivity index (χ0n) is 19.3. The van der Waals surface area contributed by atoms with E-state index in [4.69, 9.17) is 9.26 Å². The first-order valence-electron chi connectivity index (χ1n) is 11.1. The molecule has 2 saturated heterocycles. The van der Waals surface area contributed by atoms with Crippen LogP contribution in [0.25, 0.3) is 0 Å². The molecule has 180 valence electrons. The van der Waals surface area contributed by atoms with Gasteiger partial charge in [0.05, 0.1) is 26.0 Å². The van der Waals surface area contributed by atoms with Gasteiger partial charge < -0.3 is 14.6 Å². The largest absolute Gasteiger partial charge is 0.497 e. The highest BCUT2D eigenvalue weighted by Crippen LogP contribution is 2.48. The van der Waals surface area contributed by atoms with Crippen molar-refractivity contribution in [1.29, 1.82) is 0 Å². The van der Waals surface area contributed by atoms with Crippen LogP contribution >= 0.6 is 0 Å². The molecule has 1 spiro atoms. The van der Waals surface area contributed by atoms with Crippen LogP contribution in [0.4, 0.5) is 0 Å². The van der Waals surface area contributed by atoms with E-state index in [0.717, 1.165) is 30.6 Å². The van der Waals surface area contributed by atoms with Crippen molar-refractivity contribution in [3.8, 4) is 5.75 Å². The van der Waals surface area contributed by atoms with E-state index in [0.29, 0.717) is 37.9 Å². The minimum Gasteiger partial charge on any atom is -0.497 e. The van der Waals surface area contributed by atoms with Gasteiger partial charge in [-0.15, -0.1) is 0 Å². The summed E-state index contributed by atoms with van der Waals surface area (Å²) in [6.45, 7) is 4.04. The maximum absolute atomic E-state index is 12.8. The number of ether oxygens (including phenoxy) is 1. The van der Waals surface area contributed by atoms with Gasteiger partial charge in [-0.3, -0.25) is 9.69 Å². The number of hydrogen-bond acceptors (Lipinski definition) is 8. The number of carbonyl (C=O) groups is 1. The number of methoxy groups -OCH3 is 1. The minimum absolute atomic E-state index is 0.0820. The summed E-state index contributed by atoms with van der Waals surface area (Å²) in [5.41, 5.74) is 0.874. The first-order valence-corrected chi connectivity index (χ1v) is 12.9. The van der Waals surface area contributed by atoms with Crippen molar-refractivity contribution in [3.05, 3.63) is 41.5 Å². The first kappa shape index (κ1) is 23.7. The molecule has 10 nitrogen and oxygen atoms in total. The lowest BCUT2D eigenvalue weighted by Crippen LogP contribution is -2.44. The number of aryl methyl sites for hydroxylation is 1.